The van der Waals surface area contributed by atoms with Crippen LogP contribution in [0.4, 0.5) is 5.69 Å². The molecule has 0 fully saturated rings. The SMILES string of the molecule is COC(=O)c1ccc(C)c(NC(=S)NC(C)c2ccccc2)c1. The van der Waals surface area contributed by atoms with E-state index in [-0.39, 0.29) is 12.0 Å². The molecule has 0 heterocycles. The molecule has 0 aliphatic carbocycles. The zero-order chi connectivity index (χ0) is 16.8. The summed E-state index contributed by atoms with van der Waals surface area (Å²) in [5, 5.41) is 6.89. The highest BCUT2D eigenvalue weighted by Gasteiger charge is 2.10. The number of nitrogens with one attached hydrogen (secondary N) is 2. The number of carbonyl (C=O) groups excluding carboxylic acids is 1. The van der Waals surface area contributed by atoms with Crippen LogP contribution in [-0.4, -0.2) is 18.2 Å². The maximum atomic E-state index is 11.6. The average Bonchev–Trinajstić information content (AvgIpc) is 2.56. The van der Waals surface area contributed by atoms with Crippen LogP contribution in [0.1, 0.15) is 34.5 Å². The first-order valence-electron chi connectivity index (χ1n) is 7.32. The molecule has 0 aliphatic rings. The molecule has 0 spiro atoms. The molecule has 0 aromatic heterocycles. The van der Waals surface area contributed by atoms with Gasteiger partial charge in [-0.25, -0.2) is 4.79 Å². The summed E-state index contributed by atoms with van der Waals surface area (Å²) in [5.41, 5.74) is 3.41. The molecule has 0 aliphatic heterocycles. The molecule has 0 bridgehead atoms. The quantitative estimate of drug-likeness (QED) is 0.660. The summed E-state index contributed by atoms with van der Waals surface area (Å²) in [6.07, 6.45) is 0. The van der Waals surface area contributed by atoms with Crippen molar-refractivity contribution in [1.82, 2.24) is 5.32 Å². The molecule has 2 rings (SSSR count). The van der Waals surface area contributed by atoms with E-state index in [4.69, 9.17) is 17.0 Å². The number of hydrogen-bond acceptors (Lipinski definition) is 3. The van der Waals surface area contributed by atoms with E-state index in [1.807, 2.05) is 50.2 Å². The molecule has 1 atom stereocenters. The number of methoxy groups -OCH3 is 1. The first-order valence-corrected chi connectivity index (χ1v) is 7.73. The van der Waals surface area contributed by atoms with Crippen molar-refractivity contribution in [3.8, 4) is 0 Å². The van der Waals surface area contributed by atoms with E-state index >= 15 is 0 Å². The van der Waals surface area contributed by atoms with Gasteiger partial charge in [-0.1, -0.05) is 36.4 Å². The first kappa shape index (κ1) is 17.0. The Morgan fingerprint density at radius 3 is 2.52 bits per heavy atom. The molecular formula is C18H20N2O2S. The molecule has 0 radical (unpaired) electrons. The van der Waals surface area contributed by atoms with Gasteiger partial charge in [0.25, 0.3) is 0 Å². The van der Waals surface area contributed by atoms with Crippen LogP contribution in [0.25, 0.3) is 0 Å². The van der Waals surface area contributed by atoms with E-state index in [2.05, 4.69) is 10.6 Å². The Morgan fingerprint density at radius 1 is 1.17 bits per heavy atom. The minimum absolute atomic E-state index is 0.0836. The van der Waals surface area contributed by atoms with Crippen LogP contribution in [0, 0.1) is 6.92 Å². The Morgan fingerprint density at radius 2 is 1.87 bits per heavy atom. The summed E-state index contributed by atoms with van der Waals surface area (Å²) in [6, 6.07) is 15.5. The standard InChI is InChI=1S/C18H20N2O2S/c1-12-9-10-15(17(21)22-3)11-16(12)20-18(23)19-13(2)14-7-5-4-6-8-14/h4-11,13H,1-3H3,(H2,19,20,23). The van der Waals surface area contributed by atoms with E-state index in [1.165, 1.54) is 7.11 Å². The number of ether oxygens (including phenoxy) is 1. The minimum Gasteiger partial charge on any atom is -0.465 e. The lowest BCUT2D eigenvalue weighted by Gasteiger charge is -2.18. The van der Waals surface area contributed by atoms with Crippen LogP contribution in [0.2, 0.25) is 0 Å². The topological polar surface area (TPSA) is 50.4 Å². The van der Waals surface area contributed by atoms with Crippen molar-refractivity contribution in [3.63, 3.8) is 0 Å². The fourth-order valence-corrected chi connectivity index (χ4v) is 2.47. The molecule has 0 amide bonds. The number of anilines is 1. The fraction of sp³-hybridized carbons (Fsp3) is 0.222. The Hall–Kier alpha value is -2.40. The molecule has 2 aromatic rings. The van der Waals surface area contributed by atoms with Crippen LogP contribution in [0.3, 0.4) is 0 Å². The highest BCUT2D eigenvalue weighted by atomic mass is 32.1. The van der Waals surface area contributed by atoms with E-state index < -0.39 is 0 Å². The van der Waals surface area contributed by atoms with E-state index in [9.17, 15) is 4.79 Å². The van der Waals surface area contributed by atoms with E-state index in [1.54, 1.807) is 12.1 Å². The van der Waals surface area contributed by atoms with Crippen molar-refractivity contribution in [2.45, 2.75) is 19.9 Å². The number of thiocarbonyl (C=S) groups is 1. The monoisotopic (exact) mass is 328 g/mol. The van der Waals surface area contributed by atoms with Crippen molar-refractivity contribution < 1.29 is 9.53 Å². The first-order chi connectivity index (χ1) is 11.0. The van der Waals surface area contributed by atoms with Gasteiger partial charge in [0, 0.05) is 5.69 Å². The summed E-state index contributed by atoms with van der Waals surface area (Å²) >= 11 is 5.37. The predicted molar refractivity (Wildman–Crippen MR) is 96.7 cm³/mol. The number of hydrogen-bond donors (Lipinski definition) is 2. The van der Waals surface area contributed by atoms with Crippen molar-refractivity contribution in [2.75, 3.05) is 12.4 Å². The predicted octanol–water partition coefficient (Wildman–Crippen LogP) is 3.83. The number of rotatable bonds is 4. The van der Waals surface area contributed by atoms with Gasteiger partial charge in [-0.15, -0.1) is 0 Å². The van der Waals surface area contributed by atoms with E-state index in [0.717, 1.165) is 16.8 Å². The van der Waals surface area contributed by atoms with Crippen molar-refractivity contribution >= 4 is 29.0 Å². The Balaban J connectivity index is 2.06. The molecule has 1 unspecified atom stereocenters. The molecule has 23 heavy (non-hydrogen) atoms. The van der Waals surface area contributed by atoms with Crippen LogP contribution in [-0.2, 0) is 4.74 Å². The molecule has 2 N–H and O–H groups in total. The Labute approximate surface area is 141 Å². The maximum Gasteiger partial charge on any atom is 0.337 e. The second-order valence-electron chi connectivity index (χ2n) is 5.25. The summed E-state index contributed by atoms with van der Waals surface area (Å²) < 4.78 is 4.74. The van der Waals surface area contributed by atoms with Crippen molar-refractivity contribution in [1.29, 1.82) is 0 Å². The van der Waals surface area contributed by atoms with Gasteiger partial charge in [0.1, 0.15) is 0 Å². The Kier molecular flexibility index (Phi) is 5.71. The number of aryl methyl sites for hydroxylation is 1. The summed E-state index contributed by atoms with van der Waals surface area (Å²) in [5.74, 6) is -0.371. The van der Waals surface area contributed by atoms with Gasteiger partial charge in [-0.05, 0) is 49.3 Å². The largest absolute Gasteiger partial charge is 0.465 e. The third-order valence-electron chi connectivity index (χ3n) is 3.55. The van der Waals surface area contributed by atoms with Crippen LogP contribution < -0.4 is 10.6 Å². The van der Waals surface area contributed by atoms with Crippen molar-refractivity contribution in [2.24, 2.45) is 0 Å². The normalized spacial score (nSPS) is 11.4. The van der Waals surface area contributed by atoms with Gasteiger partial charge in [-0.3, -0.25) is 0 Å². The van der Waals surface area contributed by atoms with Crippen LogP contribution in [0.5, 0.6) is 0 Å². The minimum atomic E-state index is -0.371. The molecular weight excluding hydrogens is 308 g/mol. The second-order valence-corrected chi connectivity index (χ2v) is 5.66. The van der Waals surface area contributed by atoms with Crippen LogP contribution in [0.15, 0.2) is 48.5 Å². The molecule has 120 valence electrons. The highest BCUT2D eigenvalue weighted by molar-refractivity contribution is 7.80. The molecule has 4 nitrogen and oxygen atoms in total. The van der Waals surface area contributed by atoms with Gasteiger partial charge >= 0.3 is 5.97 Å². The molecule has 5 heteroatoms. The number of benzene rings is 2. The second kappa shape index (κ2) is 7.74. The van der Waals surface area contributed by atoms with Gasteiger partial charge in [0.15, 0.2) is 5.11 Å². The van der Waals surface area contributed by atoms with Crippen molar-refractivity contribution in [3.05, 3.63) is 65.2 Å². The lowest BCUT2D eigenvalue weighted by molar-refractivity contribution is 0.0601. The highest BCUT2D eigenvalue weighted by Crippen LogP contribution is 2.18. The molecule has 2 aromatic carbocycles. The molecule has 0 saturated heterocycles. The lowest BCUT2D eigenvalue weighted by Crippen LogP contribution is -2.31. The third-order valence-corrected chi connectivity index (χ3v) is 3.77. The van der Waals surface area contributed by atoms with Crippen LogP contribution >= 0.6 is 12.2 Å². The third kappa shape index (κ3) is 4.53. The van der Waals surface area contributed by atoms with Gasteiger partial charge in [0.2, 0.25) is 0 Å². The van der Waals surface area contributed by atoms with Gasteiger partial charge < -0.3 is 15.4 Å². The van der Waals surface area contributed by atoms with E-state index in [0.29, 0.717) is 10.7 Å². The Bertz CT molecular complexity index is 701. The average molecular weight is 328 g/mol. The zero-order valence-electron chi connectivity index (χ0n) is 13.4. The zero-order valence-corrected chi connectivity index (χ0v) is 14.2. The summed E-state index contributed by atoms with van der Waals surface area (Å²) in [6.45, 7) is 3.99. The maximum absolute atomic E-state index is 11.6. The smallest absolute Gasteiger partial charge is 0.337 e. The molecule has 0 saturated carbocycles. The van der Waals surface area contributed by atoms with Gasteiger partial charge in [0.05, 0.1) is 18.7 Å². The van der Waals surface area contributed by atoms with Gasteiger partial charge in [-0.2, -0.15) is 0 Å². The number of carbonyl (C=O) groups is 1. The fourth-order valence-electron chi connectivity index (χ4n) is 2.18. The lowest BCUT2D eigenvalue weighted by atomic mass is 10.1. The number of esters is 1. The summed E-state index contributed by atoms with van der Waals surface area (Å²) in [4.78, 5) is 11.6. The summed E-state index contributed by atoms with van der Waals surface area (Å²) in [7, 11) is 1.36.